The number of fused-ring (bicyclic) bond motifs is 3. The van der Waals surface area contributed by atoms with Crippen molar-refractivity contribution in [1.82, 2.24) is 5.32 Å². The summed E-state index contributed by atoms with van der Waals surface area (Å²) in [6, 6.07) is 22.6. The van der Waals surface area contributed by atoms with Gasteiger partial charge in [-0.05, 0) is 28.3 Å². The maximum Gasteiger partial charge on any atom is 0.407 e. The van der Waals surface area contributed by atoms with E-state index in [1.54, 1.807) is 18.2 Å². The van der Waals surface area contributed by atoms with Gasteiger partial charge in [0.05, 0.1) is 11.6 Å². The lowest BCUT2D eigenvalue weighted by molar-refractivity contribution is -0.00325. The summed E-state index contributed by atoms with van der Waals surface area (Å²) in [6.45, 7) is 0.190. The summed E-state index contributed by atoms with van der Waals surface area (Å²) in [5.74, 6) is -0.442. The van der Waals surface area contributed by atoms with Crippen LogP contribution in [0.1, 0.15) is 35.4 Å². The highest BCUT2D eigenvalue weighted by Gasteiger charge is 2.48. The van der Waals surface area contributed by atoms with Crippen LogP contribution >= 0.6 is 0 Å². The molecule has 0 unspecified atom stereocenters. The monoisotopic (exact) mass is 403 g/mol. The molecule has 1 amide bonds. The van der Waals surface area contributed by atoms with Gasteiger partial charge >= 0.3 is 6.09 Å². The topological polar surface area (TPSA) is 58.6 Å². The number of hydrogen-bond acceptors (Lipinski definition) is 3. The molecule has 0 aliphatic heterocycles. The third-order valence-electron chi connectivity index (χ3n) is 6.24. The van der Waals surface area contributed by atoms with E-state index >= 15 is 0 Å². The lowest BCUT2D eigenvalue weighted by Gasteiger charge is -2.46. The molecule has 152 valence electrons. The molecule has 5 rings (SSSR count). The van der Waals surface area contributed by atoms with E-state index in [9.17, 15) is 14.3 Å². The van der Waals surface area contributed by atoms with Crippen LogP contribution in [0.5, 0.6) is 0 Å². The zero-order chi connectivity index (χ0) is 20.7. The third kappa shape index (κ3) is 3.06. The van der Waals surface area contributed by atoms with Gasteiger partial charge in [0.25, 0.3) is 0 Å². The SMILES string of the molecule is O=C(NC1(c2ccccc2F)CC(O)C1)OCC1c2ccccc2-c2ccccc21. The van der Waals surface area contributed by atoms with Crippen LogP contribution < -0.4 is 5.32 Å². The summed E-state index contributed by atoms with van der Waals surface area (Å²) in [4.78, 5) is 12.7. The number of hydrogen-bond donors (Lipinski definition) is 2. The van der Waals surface area contributed by atoms with Crippen molar-refractivity contribution >= 4 is 6.09 Å². The summed E-state index contributed by atoms with van der Waals surface area (Å²) < 4.78 is 20.0. The molecule has 1 fully saturated rings. The molecule has 30 heavy (non-hydrogen) atoms. The van der Waals surface area contributed by atoms with Crippen molar-refractivity contribution in [3.63, 3.8) is 0 Å². The van der Waals surface area contributed by atoms with Crippen molar-refractivity contribution < 1.29 is 19.0 Å². The molecule has 1 saturated carbocycles. The molecule has 2 aliphatic carbocycles. The van der Waals surface area contributed by atoms with Crippen molar-refractivity contribution in [2.45, 2.75) is 30.4 Å². The van der Waals surface area contributed by atoms with Gasteiger partial charge in [-0.25, -0.2) is 9.18 Å². The zero-order valence-electron chi connectivity index (χ0n) is 16.3. The first-order valence-electron chi connectivity index (χ1n) is 10.1. The average Bonchev–Trinajstić information content (AvgIpc) is 3.05. The van der Waals surface area contributed by atoms with Gasteiger partial charge < -0.3 is 15.2 Å². The standard InChI is InChI=1S/C25H22FNO3/c26-23-12-6-5-11-22(23)25(13-16(28)14-25)27-24(29)30-15-21-19-9-3-1-7-17(19)18-8-2-4-10-20(18)21/h1-12,16,21,28H,13-15H2,(H,27,29). The Morgan fingerprint density at radius 3 is 2.13 bits per heavy atom. The summed E-state index contributed by atoms with van der Waals surface area (Å²) in [5, 5.41) is 12.7. The van der Waals surface area contributed by atoms with E-state index in [0.29, 0.717) is 5.56 Å². The largest absolute Gasteiger partial charge is 0.449 e. The number of amides is 1. The van der Waals surface area contributed by atoms with Crippen LogP contribution in [0.4, 0.5) is 9.18 Å². The molecule has 0 spiro atoms. The quantitative estimate of drug-likeness (QED) is 0.663. The van der Waals surface area contributed by atoms with Gasteiger partial charge in [-0.3, -0.25) is 0 Å². The Hall–Kier alpha value is -3.18. The highest BCUT2D eigenvalue weighted by Crippen LogP contribution is 2.45. The molecule has 2 aliphatic rings. The van der Waals surface area contributed by atoms with Crippen LogP contribution in [0, 0.1) is 5.82 Å². The second-order valence-electron chi connectivity index (χ2n) is 8.07. The van der Waals surface area contributed by atoms with Gasteiger partial charge in [0.1, 0.15) is 12.4 Å². The smallest absolute Gasteiger partial charge is 0.407 e. The molecule has 3 aromatic carbocycles. The second kappa shape index (κ2) is 7.26. The number of halogens is 1. The fourth-order valence-corrected chi connectivity index (χ4v) is 4.81. The number of rotatable bonds is 4. The molecule has 0 bridgehead atoms. The van der Waals surface area contributed by atoms with E-state index in [1.165, 1.54) is 6.07 Å². The van der Waals surface area contributed by atoms with Gasteiger partial charge in [-0.2, -0.15) is 0 Å². The molecule has 0 heterocycles. The molecule has 0 aromatic heterocycles. The Bertz CT molecular complexity index is 1060. The van der Waals surface area contributed by atoms with Crippen molar-refractivity contribution in [3.05, 3.63) is 95.3 Å². The Morgan fingerprint density at radius 1 is 0.967 bits per heavy atom. The van der Waals surface area contributed by atoms with Crippen LogP contribution in [-0.4, -0.2) is 23.9 Å². The Morgan fingerprint density at radius 2 is 1.53 bits per heavy atom. The fraction of sp³-hybridized carbons (Fsp3) is 0.240. The Kier molecular flexibility index (Phi) is 4.55. The number of nitrogens with one attached hydrogen (secondary N) is 1. The van der Waals surface area contributed by atoms with Crippen LogP contribution in [0.25, 0.3) is 11.1 Å². The normalized spacial score (nSPS) is 22.0. The van der Waals surface area contributed by atoms with Gasteiger partial charge in [0, 0.05) is 24.3 Å². The van der Waals surface area contributed by atoms with Gasteiger partial charge in [0.15, 0.2) is 0 Å². The highest BCUT2D eigenvalue weighted by atomic mass is 19.1. The number of carbonyl (C=O) groups is 1. The number of ether oxygens (including phenoxy) is 1. The first-order valence-corrected chi connectivity index (χ1v) is 10.1. The first-order chi connectivity index (χ1) is 14.6. The molecule has 0 radical (unpaired) electrons. The van der Waals surface area contributed by atoms with E-state index in [-0.39, 0.29) is 25.4 Å². The van der Waals surface area contributed by atoms with Crippen LogP contribution in [-0.2, 0) is 10.3 Å². The molecule has 2 N–H and O–H groups in total. The summed E-state index contributed by atoms with van der Waals surface area (Å²) in [5.41, 5.74) is 4.03. The fourth-order valence-electron chi connectivity index (χ4n) is 4.81. The molecule has 3 aromatic rings. The highest BCUT2D eigenvalue weighted by molar-refractivity contribution is 5.79. The predicted molar refractivity (Wildman–Crippen MR) is 112 cm³/mol. The van der Waals surface area contributed by atoms with E-state index in [1.807, 2.05) is 24.3 Å². The molecule has 0 atom stereocenters. The summed E-state index contributed by atoms with van der Waals surface area (Å²) >= 11 is 0. The van der Waals surface area contributed by atoms with Crippen LogP contribution in [0.3, 0.4) is 0 Å². The summed E-state index contributed by atoms with van der Waals surface area (Å²) in [7, 11) is 0. The lowest BCUT2D eigenvalue weighted by Crippen LogP contribution is -2.57. The molecular formula is C25H22FNO3. The maximum atomic E-state index is 14.4. The Labute approximate surface area is 174 Å². The molecule has 5 heteroatoms. The van der Waals surface area contributed by atoms with Crippen molar-refractivity contribution in [2.24, 2.45) is 0 Å². The summed E-state index contributed by atoms with van der Waals surface area (Å²) in [6.07, 6.45) is -0.651. The molecular weight excluding hydrogens is 381 g/mol. The molecule has 4 nitrogen and oxygen atoms in total. The van der Waals surface area contributed by atoms with Crippen LogP contribution in [0.15, 0.2) is 72.8 Å². The van der Waals surface area contributed by atoms with Crippen LogP contribution in [0.2, 0.25) is 0 Å². The predicted octanol–water partition coefficient (Wildman–Crippen LogP) is 4.71. The Balaban J connectivity index is 1.34. The number of benzene rings is 3. The van der Waals surface area contributed by atoms with Crippen molar-refractivity contribution in [2.75, 3.05) is 6.61 Å². The minimum atomic E-state index is -0.937. The van der Waals surface area contributed by atoms with E-state index in [0.717, 1.165) is 22.3 Å². The number of carbonyl (C=O) groups excluding carboxylic acids is 1. The minimum absolute atomic E-state index is 0.0421. The first kappa shape index (κ1) is 18.8. The average molecular weight is 403 g/mol. The minimum Gasteiger partial charge on any atom is -0.449 e. The zero-order valence-corrected chi connectivity index (χ0v) is 16.3. The second-order valence-corrected chi connectivity index (χ2v) is 8.07. The van der Waals surface area contributed by atoms with Gasteiger partial charge in [0.2, 0.25) is 0 Å². The van der Waals surface area contributed by atoms with Gasteiger partial charge in [-0.15, -0.1) is 0 Å². The number of aliphatic hydroxyl groups excluding tert-OH is 1. The number of alkyl carbamates (subject to hydrolysis) is 1. The van der Waals surface area contributed by atoms with Crippen molar-refractivity contribution in [3.8, 4) is 11.1 Å². The number of aliphatic hydroxyl groups is 1. The van der Waals surface area contributed by atoms with E-state index in [2.05, 4.69) is 29.6 Å². The van der Waals surface area contributed by atoms with E-state index < -0.39 is 23.6 Å². The third-order valence-corrected chi connectivity index (χ3v) is 6.24. The molecule has 0 saturated heterocycles. The lowest BCUT2D eigenvalue weighted by atomic mass is 9.69. The van der Waals surface area contributed by atoms with E-state index in [4.69, 9.17) is 4.74 Å². The van der Waals surface area contributed by atoms with Crippen molar-refractivity contribution in [1.29, 1.82) is 0 Å². The maximum absolute atomic E-state index is 14.4. The van der Waals surface area contributed by atoms with Gasteiger partial charge in [-0.1, -0.05) is 66.7 Å².